The second-order valence-electron chi connectivity index (χ2n) is 13.6. The first kappa shape index (κ1) is 34.5. The monoisotopic (exact) mass is 739 g/mol. The molecule has 0 radical (unpaired) electrons. The highest BCUT2D eigenvalue weighted by Gasteiger charge is 2.41. The molecule has 9 rings (SSSR count). The number of oxazole rings is 2. The molecule has 2 aromatic heterocycles. The minimum atomic E-state index is -2.81. The van der Waals surface area contributed by atoms with Gasteiger partial charge in [-0.2, -0.15) is 0 Å². The van der Waals surface area contributed by atoms with Crippen LogP contribution < -0.4 is 20.5 Å². The van der Waals surface area contributed by atoms with Gasteiger partial charge in [-0.1, -0.05) is 146 Å². The van der Waals surface area contributed by atoms with E-state index in [1.165, 1.54) is 15.6 Å². The van der Waals surface area contributed by atoms with Crippen LogP contribution in [-0.4, -0.2) is 18.0 Å². The lowest BCUT2D eigenvalue weighted by molar-refractivity contribution is 0.619. The third-order valence-electron chi connectivity index (χ3n) is 10.2. The van der Waals surface area contributed by atoms with Crippen molar-refractivity contribution < 1.29 is 8.83 Å². The van der Waals surface area contributed by atoms with E-state index in [-0.39, 0.29) is 0 Å². The molecule has 0 fully saturated rings. The van der Waals surface area contributed by atoms with E-state index >= 15 is 0 Å². The van der Waals surface area contributed by atoms with Gasteiger partial charge in [-0.25, -0.2) is 9.97 Å². The molecule has 56 heavy (non-hydrogen) atoms. The van der Waals surface area contributed by atoms with Crippen LogP contribution in [0.25, 0.3) is 45.1 Å². The first-order chi connectivity index (χ1) is 27.6. The van der Waals surface area contributed by atoms with Crippen molar-refractivity contribution in [1.82, 2.24) is 9.97 Å². The molecule has 0 saturated heterocycles. The SMILES string of the molecule is C=C/C=C\C(=C)[Si](c1ccccc1)(c1ccccc1)c1ccc(N(c2ccc3oc(-c4ccccc4)nc3c2)c2ccc3nc(-c4ccccc4)oc3c2)cc1. The van der Waals surface area contributed by atoms with E-state index < -0.39 is 8.07 Å². The number of hydrogen-bond acceptors (Lipinski definition) is 5. The van der Waals surface area contributed by atoms with Crippen LogP contribution in [0.5, 0.6) is 0 Å². The fourth-order valence-corrected chi connectivity index (χ4v) is 12.1. The second kappa shape index (κ2) is 14.9. The summed E-state index contributed by atoms with van der Waals surface area (Å²) in [6.07, 6.45) is 5.91. The Morgan fingerprint density at radius 3 is 1.57 bits per heavy atom. The molecule has 6 heteroatoms. The molecule has 0 atom stereocenters. The van der Waals surface area contributed by atoms with Crippen molar-refractivity contribution >= 4 is 62.9 Å². The Labute approximate surface area is 326 Å². The molecule has 268 valence electrons. The van der Waals surface area contributed by atoms with Gasteiger partial charge < -0.3 is 13.7 Å². The summed E-state index contributed by atoms with van der Waals surface area (Å²) in [6, 6.07) is 62.8. The smallest absolute Gasteiger partial charge is 0.227 e. The van der Waals surface area contributed by atoms with E-state index in [4.69, 9.17) is 25.4 Å². The van der Waals surface area contributed by atoms with Crippen molar-refractivity contribution in [2.24, 2.45) is 0 Å². The standard InChI is InChI=1S/C50H37N3O2Si/c1-3-4-17-36(2)56(42-22-13-7-14-23-42,43-24-15-8-16-25-43)44-30-26-39(27-31-44)53(40-29-33-47-46(34-40)52-50(54-47)38-20-11-6-12-21-38)41-28-32-45-48(35-41)55-49(51-45)37-18-9-5-10-19-37/h3-35H,1-2H2/b17-4-. The maximum atomic E-state index is 6.38. The van der Waals surface area contributed by atoms with Crippen LogP contribution >= 0.6 is 0 Å². The van der Waals surface area contributed by atoms with Gasteiger partial charge in [-0.05, 0) is 82.3 Å². The molecule has 0 unspecified atom stereocenters. The summed E-state index contributed by atoms with van der Waals surface area (Å²) in [4.78, 5) is 12.0. The number of aromatic nitrogens is 2. The molecule has 0 saturated carbocycles. The highest BCUT2D eigenvalue weighted by atomic mass is 28.3. The summed E-state index contributed by atoms with van der Waals surface area (Å²) in [5.74, 6) is 1.17. The van der Waals surface area contributed by atoms with Gasteiger partial charge in [0.1, 0.15) is 11.0 Å². The molecular formula is C50H37N3O2Si. The van der Waals surface area contributed by atoms with Crippen molar-refractivity contribution in [3.05, 3.63) is 219 Å². The Balaban J connectivity index is 1.21. The van der Waals surface area contributed by atoms with Gasteiger partial charge in [0.15, 0.2) is 19.2 Å². The number of rotatable bonds is 11. The average molecular weight is 740 g/mol. The second-order valence-corrected chi connectivity index (χ2v) is 17.4. The molecule has 0 bridgehead atoms. The summed E-state index contributed by atoms with van der Waals surface area (Å²) in [5.41, 5.74) is 7.63. The summed E-state index contributed by atoms with van der Waals surface area (Å²) >= 11 is 0. The van der Waals surface area contributed by atoms with E-state index in [0.29, 0.717) is 22.9 Å². The van der Waals surface area contributed by atoms with Crippen LogP contribution in [0.3, 0.4) is 0 Å². The number of benzene rings is 7. The molecule has 5 nitrogen and oxygen atoms in total. The molecule has 7 aromatic carbocycles. The molecule has 2 heterocycles. The predicted molar refractivity (Wildman–Crippen MR) is 233 cm³/mol. The minimum Gasteiger partial charge on any atom is -0.436 e. The lowest BCUT2D eigenvalue weighted by Gasteiger charge is -2.35. The van der Waals surface area contributed by atoms with Crippen molar-refractivity contribution in [3.63, 3.8) is 0 Å². The highest BCUT2D eigenvalue weighted by Crippen LogP contribution is 2.39. The Kier molecular flexibility index (Phi) is 9.15. The fourth-order valence-electron chi connectivity index (χ4n) is 7.57. The highest BCUT2D eigenvalue weighted by molar-refractivity contribution is 7.16. The van der Waals surface area contributed by atoms with E-state index in [2.05, 4.69) is 127 Å². The van der Waals surface area contributed by atoms with Gasteiger partial charge in [-0.15, -0.1) is 0 Å². The largest absolute Gasteiger partial charge is 0.436 e. The van der Waals surface area contributed by atoms with Gasteiger partial charge in [0.2, 0.25) is 11.8 Å². The van der Waals surface area contributed by atoms with E-state index in [1.54, 1.807) is 0 Å². The Bertz CT molecular complexity index is 2670. The lowest BCUT2D eigenvalue weighted by Crippen LogP contribution is -2.68. The molecule has 0 aliphatic heterocycles. The normalized spacial score (nSPS) is 11.6. The molecule has 0 aliphatic rings. The summed E-state index contributed by atoms with van der Waals surface area (Å²) < 4.78 is 12.6. The number of hydrogen-bond donors (Lipinski definition) is 0. The summed E-state index contributed by atoms with van der Waals surface area (Å²) in [5, 5.41) is 4.79. The first-order valence-corrected chi connectivity index (χ1v) is 20.5. The molecule has 9 aromatic rings. The Morgan fingerprint density at radius 2 is 0.982 bits per heavy atom. The summed E-state index contributed by atoms with van der Waals surface area (Å²) in [6.45, 7) is 8.69. The molecular weight excluding hydrogens is 703 g/mol. The van der Waals surface area contributed by atoms with Crippen LogP contribution in [0, 0.1) is 0 Å². The third kappa shape index (κ3) is 6.28. The molecule has 0 N–H and O–H groups in total. The van der Waals surface area contributed by atoms with E-state index in [9.17, 15) is 0 Å². The van der Waals surface area contributed by atoms with E-state index in [1.807, 2.05) is 84.9 Å². The van der Waals surface area contributed by atoms with Crippen LogP contribution in [0.15, 0.2) is 227 Å². The Morgan fingerprint density at radius 1 is 0.500 bits per heavy atom. The van der Waals surface area contributed by atoms with Gasteiger partial charge in [0, 0.05) is 34.3 Å². The van der Waals surface area contributed by atoms with Crippen molar-refractivity contribution in [3.8, 4) is 22.9 Å². The number of allylic oxidation sites excluding steroid dienone is 4. The van der Waals surface area contributed by atoms with Gasteiger partial charge in [-0.3, -0.25) is 0 Å². The quantitative estimate of drug-likeness (QED) is 0.0751. The first-order valence-electron chi connectivity index (χ1n) is 18.5. The van der Waals surface area contributed by atoms with Crippen molar-refractivity contribution in [2.75, 3.05) is 4.90 Å². The molecule has 0 aliphatic carbocycles. The van der Waals surface area contributed by atoms with Crippen molar-refractivity contribution in [2.45, 2.75) is 0 Å². The van der Waals surface area contributed by atoms with Gasteiger partial charge in [0.25, 0.3) is 0 Å². The predicted octanol–water partition coefficient (Wildman–Crippen LogP) is 11.1. The molecule has 0 spiro atoms. The minimum absolute atomic E-state index is 0.582. The fraction of sp³-hybridized carbons (Fsp3) is 0. The van der Waals surface area contributed by atoms with Gasteiger partial charge in [0.05, 0.1) is 0 Å². The average Bonchev–Trinajstić information content (AvgIpc) is 3.90. The number of anilines is 3. The maximum absolute atomic E-state index is 6.38. The third-order valence-corrected chi connectivity index (χ3v) is 14.9. The lowest BCUT2D eigenvalue weighted by atomic mass is 10.1. The number of nitrogens with zero attached hydrogens (tertiary/aromatic N) is 3. The van der Waals surface area contributed by atoms with Gasteiger partial charge >= 0.3 is 0 Å². The van der Waals surface area contributed by atoms with E-state index in [0.717, 1.165) is 44.4 Å². The zero-order chi connectivity index (χ0) is 37.9. The maximum Gasteiger partial charge on any atom is 0.227 e. The zero-order valence-electron chi connectivity index (χ0n) is 30.6. The van der Waals surface area contributed by atoms with Crippen LogP contribution in [0.2, 0.25) is 0 Å². The number of fused-ring (bicyclic) bond motifs is 2. The summed E-state index contributed by atoms with van der Waals surface area (Å²) in [7, 11) is -2.81. The van der Waals surface area contributed by atoms with Crippen molar-refractivity contribution in [1.29, 1.82) is 0 Å². The topological polar surface area (TPSA) is 55.3 Å². The van der Waals surface area contributed by atoms with Crippen LogP contribution in [-0.2, 0) is 0 Å². The zero-order valence-corrected chi connectivity index (χ0v) is 31.6. The van der Waals surface area contributed by atoms with Crippen LogP contribution in [0.1, 0.15) is 0 Å². The molecule has 0 amide bonds. The Hall–Kier alpha value is -7.28. The van der Waals surface area contributed by atoms with Crippen LogP contribution in [0.4, 0.5) is 17.1 Å².